The van der Waals surface area contributed by atoms with E-state index in [0.717, 1.165) is 8.66 Å². The van der Waals surface area contributed by atoms with Crippen molar-refractivity contribution in [3.8, 4) is 0 Å². The number of aromatic nitrogens is 1. The molecule has 2 aromatic rings. The molecule has 0 aromatic carbocycles. The van der Waals surface area contributed by atoms with Gasteiger partial charge in [0.2, 0.25) is 0 Å². The van der Waals surface area contributed by atoms with Gasteiger partial charge in [0, 0.05) is 17.6 Å². The lowest BCUT2D eigenvalue weighted by Gasteiger charge is -2.04. The van der Waals surface area contributed by atoms with Gasteiger partial charge in [0.1, 0.15) is 11.9 Å². The van der Waals surface area contributed by atoms with Crippen molar-refractivity contribution >= 4 is 38.6 Å². The zero-order valence-electron chi connectivity index (χ0n) is 8.59. The minimum Gasteiger partial charge on any atom is -0.374 e. The molecular formula is C10H8BrN3O2S. The van der Waals surface area contributed by atoms with Gasteiger partial charge >= 0.3 is 5.69 Å². The number of pyridine rings is 1. The highest BCUT2D eigenvalue weighted by atomic mass is 79.9. The minimum absolute atomic E-state index is 0.0110. The average Bonchev–Trinajstić information content (AvgIpc) is 2.73. The molecule has 2 heterocycles. The molecule has 0 amide bonds. The molecule has 0 fully saturated rings. The fraction of sp³-hybridized carbons (Fsp3) is 0.100. The highest BCUT2D eigenvalue weighted by Gasteiger charge is 2.12. The van der Waals surface area contributed by atoms with Crippen LogP contribution in [-0.2, 0) is 6.54 Å². The molecule has 1 N–H and O–H groups in total. The number of hydrogen-bond donors (Lipinski definition) is 1. The van der Waals surface area contributed by atoms with Crippen molar-refractivity contribution in [2.75, 3.05) is 5.32 Å². The van der Waals surface area contributed by atoms with Gasteiger partial charge in [-0.05, 0) is 34.1 Å². The van der Waals surface area contributed by atoms with Crippen LogP contribution in [0, 0.1) is 10.1 Å². The Hall–Kier alpha value is -1.47. The van der Waals surface area contributed by atoms with E-state index in [1.807, 2.05) is 12.1 Å². The van der Waals surface area contributed by atoms with E-state index < -0.39 is 4.92 Å². The minimum atomic E-state index is -0.445. The van der Waals surface area contributed by atoms with Gasteiger partial charge in [-0.3, -0.25) is 15.1 Å². The second-order valence-electron chi connectivity index (χ2n) is 3.21. The van der Waals surface area contributed by atoms with Crippen LogP contribution < -0.4 is 5.32 Å². The van der Waals surface area contributed by atoms with E-state index in [2.05, 4.69) is 26.2 Å². The summed E-state index contributed by atoms with van der Waals surface area (Å²) in [5.41, 5.74) is 0.470. The fourth-order valence-corrected chi connectivity index (χ4v) is 2.73. The lowest BCUT2D eigenvalue weighted by atomic mass is 10.3. The summed E-state index contributed by atoms with van der Waals surface area (Å²) in [4.78, 5) is 15.2. The van der Waals surface area contributed by atoms with Crippen LogP contribution >= 0.6 is 27.3 Å². The van der Waals surface area contributed by atoms with Crippen molar-refractivity contribution in [3.63, 3.8) is 0 Å². The van der Waals surface area contributed by atoms with Crippen LogP contribution in [0.4, 0.5) is 11.4 Å². The Morgan fingerprint density at radius 3 is 2.94 bits per heavy atom. The molecule has 2 rings (SSSR count). The lowest BCUT2D eigenvalue weighted by Crippen LogP contribution is -2.01. The highest BCUT2D eigenvalue weighted by Crippen LogP contribution is 2.25. The lowest BCUT2D eigenvalue weighted by molar-refractivity contribution is -0.384. The number of hydrogen-bond acceptors (Lipinski definition) is 5. The predicted molar refractivity (Wildman–Crippen MR) is 70.2 cm³/mol. The van der Waals surface area contributed by atoms with Gasteiger partial charge in [-0.25, -0.2) is 0 Å². The average molecular weight is 314 g/mol. The van der Waals surface area contributed by atoms with Gasteiger partial charge in [0.25, 0.3) is 0 Å². The van der Waals surface area contributed by atoms with Gasteiger partial charge in [0.05, 0.1) is 8.71 Å². The summed E-state index contributed by atoms with van der Waals surface area (Å²) in [5.74, 6) is 0. The molecule has 17 heavy (non-hydrogen) atoms. The first-order valence-electron chi connectivity index (χ1n) is 4.73. The number of anilines is 1. The van der Waals surface area contributed by atoms with E-state index in [4.69, 9.17) is 0 Å². The molecule has 0 aliphatic heterocycles. The van der Waals surface area contributed by atoms with Crippen molar-refractivity contribution in [3.05, 3.63) is 49.4 Å². The van der Waals surface area contributed by atoms with Crippen LogP contribution in [0.5, 0.6) is 0 Å². The molecule has 5 nitrogen and oxygen atoms in total. The van der Waals surface area contributed by atoms with E-state index in [1.54, 1.807) is 17.4 Å². The van der Waals surface area contributed by atoms with Gasteiger partial charge < -0.3 is 5.32 Å². The van der Waals surface area contributed by atoms with Gasteiger partial charge in [-0.15, -0.1) is 11.3 Å². The standard InChI is InChI=1S/C10H8BrN3O2S/c11-10-2-1-7(17-10)5-13-8-3-4-12-6-9(8)14(15)16/h1-4,6H,5H2,(H,12,13). The largest absolute Gasteiger partial charge is 0.374 e. The first-order chi connectivity index (χ1) is 8.16. The van der Waals surface area contributed by atoms with Crippen LogP contribution in [0.25, 0.3) is 0 Å². The Labute approximate surface area is 110 Å². The third-order valence-corrected chi connectivity index (χ3v) is 3.70. The van der Waals surface area contributed by atoms with Crippen LogP contribution in [0.1, 0.15) is 4.88 Å². The van der Waals surface area contributed by atoms with Crippen LogP contribution in [0.15, 0.2) is 34.4 Å². The second kappa shape index (κ2) is 5.24. The molecule has 0 atom stereocenters. The molecule has 0 unspecified atom stereocenters. The smallest absolute Gasteiger partial charge is 0.310 e. The predicted octanol–water partition coefficient (Wildman–Crippen LogP) is 3.43. The number of nitrogens with zero attached hydrogens (tertiary/aromatic N) is 2. The van der Waals surface area contributed by atoms with Crippen molar-refractivity contribution in [1.29, 1.82) is 0 Å². The van der Waals surface area contributed by atoms with Crippen molar-refractivity contribution in [2.24, 2.45) is 0 Å². The fourth-order valence-electron chi connectivity index (χ4n) is 1.31. The summed E-state index contributed by atoms with van der Waals surface area (Å²) in [5, 5.41) is 13.8. The Kier molecular flexibility index (Phi) is 3.70. The van der Waals surface area contributed by atoms with E-state index in [-0.39, 0.29) is 5.69 Å². The Morgan fingerprint density at radius 1 is 1.47 bits per heavy atom. The highest BCUT2D eigenvalue weighted by molar-refractivity contribution is 9.11. The van der Waals surface area contributed by atoms with Gasteiger partial charge in [-0.1, -0.05) is 0 Å². The topological polar surface area (TPSA) is 68.1 Å². The monoisotopic (exact) mass is 313 g/mol. The summed E-state index contributed by atoms with van der Waals surface area (Å²) in [7, 11) is 0. The second-order valence-corrected chi connectivity index (χ2v) is 5.76. The first-order valence-corrected chi connectivity index (χ1v) is 6.34. The van der Waals surface area contributed by atoms with E-state index >= 15 is 0 Å². The molecule has 0 radical (unpaired) electrons. The molecule has 0 spiro atoms. The molecular weight excluding hydrogens is 306 g/mol. The number of nitro groups is 1. The molecule has 0 saturated heterocycles. The third-order valence-electron chi connectivity index (χ3n) is 2.08. The molecule has 0 aliphatic carbocycles. The summed E-state index contributed by atoms with van der Waals surface area (Å²) >= 11 is 4.96. The maximum atomic E-state index is 10.8. The van der Waals surface area contributed by atoms with E-state index in [1.165, 1.54) is 12.4 Å². The summed E-state index contributed by atoms with van der Waals surface area (Å²) in [6, 6.07) is 5.51. The molecule has 88 valence electrons. The van der Waals surface area contributed by atoms with E-state index in [9.17, 15) is 10.1 Å². The number of halogens is 1. The van der Waals surface area contributed by atoms with Crippen molar-refractivity contribution in [2.45, 2.75) is 6.54 Å². The Balaban J connectivity index is 2.11. The molecule has 7 heteroatoms. The van der Waals surface area contributed by atoms with Crippen LogP contribution in [0.2, 0.25) is 0 Å². The maximum Gasteiger partial charge on any atom is 0.310 e. The van der Waals surface area contributed by atoms with Crippen LogP contribution in [0.3, 0.4) is 0 Å². The van der Waals surface area contributed by atoms with Gasteiger partial charge in [-0.2, -0.15) is 0 Å². The number of thiophene rings is 1. The molecule has 0 bridgehead atoms. The summed E-state index contributed by atoms with van der Waals surface area (Å²) in [6.07, 6.45) is 2.77. The maximum absolute atomic E-state index is 10.8. The summed E-state index contributed by atoms with van der Waals surface area (Å²) < 4.78 is 1.04. The normalized spacial score (nSPS) is 10.2. The first kappa shape index (κ1) is 12.0. The van der Waals surface area contributed by atoms with Crippen molar-refractivity contribution < 1.29 is 4.92 Å². The number of nitrogens with one attached hydrogen (secondary N) is 1. The molecule has 0 aliphatic rings. The number of rotatable bonds is 4. The SMILES string of the molecule is O=[N+]([O-])c1cnccc1NCc1ccc(Br)s1. The zero-order valence-corrected chi connectivity index (χ0v) is 11.0. The van der Waals surface area contributed by atoms with Gasteiger partial charge in [0.15, 0.2) is 0 Å². The summed E-state index contributed by atoms with van der Waals surface area (Å²) in [6.45, 7) is 0.557. The molecule has 0 saturated carbocycles. The zero-order chi connectivity index (χ0) is 12.3. The van der Waals surface area contributed by atoms with Crippen molar-refractivity contribution in [1.82, 2.24) is 4.98 Å². The third kappa shape index (κ3) is 3.01. The quantitative estimate of drug-likeness (QED) is 0.693. The van der Waals surface area contributed by atoms with Crippen LogP contribution in [-0.4, -0.2) is 9.91 Å². The Morgan fingerprint density at radius 2 is 2.29 bits per heavy atom. The molecule has 2 aromatic heterocycles. The Bertz CT molecular complexity index is 544. The van der Waals surface area contributed by atoms with E-state index in [0.29, 0.717) is 12.2 Å².